The Kier molecular flexibility index (Phi) is 3.19. The zero-order chi connectivity index (χ0) is 12.3. The number of carbonyl (C=O) groups is 1. The van der Waals surface area contributed by atoms with Crippen LogP contribution in [-0.2, 0) is 0 Å². The summed E-state index contributed by atoms with van der Waals surface area (Å²) in [7, 11) is 0. The number of aromatic nitrogens is 1. The summed E-state index contributed by atoms with van der Waals surface area (Å²) in [6.07, 6.45) is 2.25. The van der Waals surface area contributed by atoms with Gasteiger partial charge in [0.25, 0.3) is 0 Å². The number of benzene rings is 1. The Bertz CT molecular complexity index is 512. The van der Waals surface area contributed by atoms with Crippen LogP contribution in [0.2, 0.25) is 0 Å². The molecule has 3 nitrogen and oxygen atoms in total. The first-order valence-corrected chi connectivity index (χ1v) is 5.35. The monoisotopic (exact) mass is 227 g/mol. The van der Waals surface area contributed by atoms with E-state index in [4.69, 9.17) is 4.74 Å². The van der Waals surface area contributed by atoms with Crippen LogP contribution in [0.1, 0.15) is 21.5 Å². The lowest BCUT2D eigenvalue weighted by molar-refractivity contribution is 0.112. The lowest BCUT2D eigenvalue weighted by Gasteiger charge is -2.06. The van der Waals surface area contributed by atoms with Gasteiger partial charge in [-0.05, 0) is 43.2 Å². The van der Waals surface area contributed by atoms with E-state index in [9.17, 15) is 4.79 Å². The van der Waals surface area contributed by atoms with Gasteiger partial charge >= 0.3 is 0 Å². The fraction of sp³-hybridized carbons (Fsp3) is 0.143. The Morgan fingerprint density at radius 2 is 1.82 bits per heavy atom. The van der Waals surface area contributed by atoms with Crippen molar-refractivity contribution < 1.29 is 9.53 Å². The van der Waals surface area contributed by atoms with Crippen molar-refractivity contribution in [2.75, 3.05) is 0 Å². The summed E-state index contributed by atoms with van der Waals surface area (Å²) in [6, 6.07) is 9.33. The Morgan fingerprint density at radius 3 is 2.35 bits per heavy atom. The number of ether oxygens (including phenoxy) is 1. The zero-order valence-electron chi connectivity index (χ0n) is 9.81. The predicted octanol–water partition coefficient (Wildman–Crippen LogP) is 3.30. The number of hydrogen-bond acceptors (Lipinski definition) is 3. The highest BCUT2D eigenvalue weighted by Crippen LogP contribution is 2.22. The van der Waals surface area contributed by atoms with Crippen LogP contribution in [0.3, 0.4) is 0 Å². The number of nitrogens with zero attached hydrogens (tertiary/aromatic N) is 1. The Morgan fingerprint density at radius 1 is 1.12 bits per heavy atom. The molecule has 17 heavy (non-hydrogen) atoms. The number of aldehydes is 1. The van der Waals surface area contributed by atoms with Gasteiger partial charge in [0.1, 0.15) is 5.75 Å². The molecule has 1 heterocycles. The summed E-state index contributed by atoms with van der Waals surface area (Å²) in [5, 5.41) is 0. The lowest BCUT2D eigenvalue weighted by Crippen LogP contribution is -1.90. The molecule has 0 spiro atoms. The van der Waals surface area contributed by atoms with E-state index in [0.29, 0.717) is 11.4 Å². The van der Waals surface area contributed by atoms with Gasteiger partial charge in [-0.3, -0.25) is 4.79 Å². The van der Waals surface area contributed by atoms with Crippen molar-refractivity contribution in [3.05, 3.63) is 53.2 Å². The van der Waals surface area contributed by atoms with Gasteiger partial charge in [-0.25, -0.2) is 4.98 Å². The van der Waals surface area contributed by atoms with Crippen LogP contribution in [0.5, 0.6) is 11.6 Å². The first kappa shape index (κ1) is 11.3. The molecule has 0 atom stereocenters. The van der Waals surface area contributed by atoms with Crippen LogP contribution >= 0.6 is 0 Å². The number of pyridine rings is 1. The third kappa shape index (κ3) is 2.91. The van der Waals surface area contributed by atoms with Crippen molar-refractivity contribution in [2.24, 2.45) is 0 Å². The van der Waals surface area contributed by atoms with Crippen molar-refractivity contribution >= 4 is 6.29 Å². The van der Waals surface area contributed by atoms with Crippen molar-refractivity contribution in [1.29, 1.82) is 0 Å². The summed E-state index contributed by atoms with van der Waals surface area (Å²) >= 11 is 0. The van der Waals surface area contributed by atoms with Gasteiger partial charge in [0, 0.05) is 17.8 Å². The topological polar surface area (TPSA) is 39.2 Å². The van der Waals surface area contributed by atoms with Crippen molar-refractivity contribution in [3.63, 3.8) is 0 Å². The smallest absolute Gasteiger partial charge is 0.219 e. The molecule has 1 aromatic carbocycles. The summed E-state index contributed by atoms with van der Waals surface area (Å²) in [6.45, 7) is 4.03. The zero-order valence-corrected chi connectivity index (χ0v) is 9.81. The van der Waals surface area contributed by atoms with E-state index < -0.39 is 0 Å². The molecule has 0 aliphatic carbocycles. The van der Waals surface area contributed by atoms with Crippen LogP contribution in [0, 0.1) is 13.8 Å². The average molecular weight is 227 g/mol. The van der Waals surface area contributed by atoms with E-state index in [-0.39, 0.29) is 0 Å². The van der Waals surface area contributed by atoms with E-state index in [1.165, 1.54) is 6.20 Å². The molecule has 0 saturated heterocycles. The molecule has 0 bridgehead atoms. The van der Waals surface area contributed by atoms with Crippen molar-refractivity contribution in [1.82, 2.24) is 4.98 Å². The fourth-order valence-corrected chi connectivity index (χ4v) is 1.63. The lowest BCUT2D eigenvalue weighted by atomic mass is 10.1. The Labute approximate surface area is 100 Å². The van der Waals surface area contributed by atoms with E-state index in [2.05, 4.69) is 11.1 Å². The van der Waals surface area contributed by atoms with Crippen molar-refractivity contribution in [3.8, 4) is 11.6 Å². The molecule has 0 unspecified atom stereocenters. The van der Waals surface area contributed by atoms with E-state index in [0.717, 1.165) is 23.2 Å². The maximum absolute atomic E-state index is 10.5. The molecular weight excluding hydrogens is 214 g/mol. The van der Waals surface area contributed by atoms with Gasteiger partial charge in [-0.2, -0.15) is 0 Å². The average Bonchev–Trinajstić information content (AvgIpc) is 2.28. The van der Waals surface area contributed by atoms with Gasteiger partial charge in [0.05, 0.1) is 0 Å². The molecule has 0 aliphatic heterocycles. The van der Waals surface area contributed by atoms with E-state index >= 15 is 0 Å². The second kappa shape index (κ2) is 4.78. The minimum Gasteiger partial charge on any atom is -0.439 e. The summed E-state index contributed by atoms with van der Waals surface area (Å²) in [4.78, 5) is 14.5. The van der Waals surface area contributed by atoms with Gasteiger partial charge in [0.2, 0.25) is 5.88 Å². The maximum atomic E-state index is 10.5. The standard InChI is InChI=1S/C14H13NO2/c1-10-5-11(2)7-13(6-10)17-14-4-3-12(9-16)8-15-14/h3-9H,1-2H3. The first-order valence-electron chi connectivity index (χ1n) is 5.35. The molecule has 2 aromatic rings. The minimum absolute atomic E-state index is 0.487. The summed E-state index contributed by atoms with van der Waals surface area (Å²) < 4.78 is 5.61. The summed E-state index contributed by atoms with van der Waals surface area (Å²) in [5.41, 5.74) is 2.83. The van der Waals surface area contributed by atoms with E-state index in [1.54, 1.807) is 12.1 Å². The predicted molar refractivity (Wildman–Crippen MR) is 65.6 cm³/mol. The number of aryl methyl sites for hydroxylation is 2. The molecule has 86 valence electrons. The molecule has 0 N–H and O–H groups in total. The highest BCUT2D eigenvalue weighted by Gasteiger charge is 2.00. The van der Waals surface area contributed by atoms with Crippen LogP contribution in [-0.4, -0.2) is 11.3 Å². The minimum atomic E-state index is 0.487. The number of rotatable bonds is 3. The van der Waals surface area contributed by atoms with Gasteiger partial charge < -0.3 is 4.74 Å². The van der Waals surface area contributed by atoms with Crippen LogP contribution < -0.4 is 4.74 Å². The number of carbonyl (C=O) groups excluding carboxylic acids is 1. The molecule has 3 heteroatoms. The normalized spacial score (nSPS) is 10.0. The third-order valence-electron chi connectivity index (χ3n) is 2.31. The fourth-order valence-electron chi connectivity index (χ4n) is 1.63. The second-order valence-electron chi connectivity index (χ2n) is 3.97. The highest BCUT2D eigenvalue weighted by molar-refractivity contribution is 5.74. The molecule has 0 saturated carbocycles. The molecule has 0 aliphatic rings. The largest absolute Gasteiger partial charge is 0.439 e. The molecule has 2 rings (SSSR count). The van der Waals surface area contributed by atoms with Gasteiger partial charge in [0.15, 0.2) is 6.29 Å². The van der Waals surface area contributed by atoms with Gasteiger partial charge in [-0.15, -0.1) is 0 Å². The molecule has 0 amide bonds. The second-order valence-corrected chi connectivity index (χ2v) is 3.97. The summed E-state index contributed by atoms with van der Waals surface area (Å²) in [5.74, 6) is 1.24. The molecular formula is C14H13NO2. The van der Waals surface area contributed by atoms with Gasteiger partial charge in [-0.1, -0.05) is 6.07 Å². The Hall–Kier alpha value is -2.16. The van der Waals surface area contributed by atoms with Crippen LogP contribution in [0.25, 0.3) is 0 Å². The maximum Gasteiger partial charge on any atom is 0.219 e. The van der Waals surface area contributed by atoms with Crippen LogP contribution in [0.15, 0.2) is 36.5 Å². The number of hydrogen-bond donors (Lipinski definition) is 0. The first-order chi connectivity index (χ1) is 8.17. The molecule has 0 fully saturated rings. The third-order valence-corrected chi connectivity index (χ3v) is 2.31. The molecule has 0 radical (unpaired) electrons. The Balaban J connectivity index is 2.21. The van der Waals surface area contributed by atoms with Crippen molar-refractivity contribution in [2.45, 2.75) is 13.8 Å². The quantitative estimate of drug-likeness (QED) is 0.755. The van der Waals surface area contributed by atoms with E-state index in [1.807, 2.05) is 26.0 Å². The van der Waals surface area contributed by atoms with Crippen LogP contribution in [0.4, 0.5) is 0 Å². The SMILES string of the molecule is Cc1cc(C)cc(Oc2ccc(C=O)cn2)c1. The molecule has 1 aromatic heterocycles. The highest BCUT2D eigenvalue weighted by atomic mass is 16.5.